The number of methoxy groups -OCH3 is 2. The van der Waals surface area contributed by atoms with E-state index in [1.807, 2.05) is 6.07 Å². The molecule has 30 heavy (non-hydrogen) atoms. The van der Waals surface area contributed by atoms with Gasteiger partial charge in [-0.15, -0.1) is 0 Å². The van der Waals surface area contributed by atoms with Gasteiger partial charge in [0, 0.05) is 30.9 Å². The van der Waals surface area contributed by atoms with Crippen LogP contribution in [0, 0.1) is 0 Å². The molecule has 1 aromatic heterocycles. The standard InChI is InChI=1S/C19H26N4O5S2/c1-12(2)30(25,26)23-8-7-14-17(11-23)29-19(21-14)22-18(24)20-10-13-5-6-15(27-3)16(9-13)28-4/h5-6,9,12H,7-8,10-11H2,1-4H3,(H2,20,21,22,24). The molecule has 1 aliphatic rings. The van der Waals surface area contributed by atoms with Gasteiger partial charge in [0.25, 0.3) is 0 Å². The van der Waals surface area contributed by atoms with Gasteiger partial charge in [0.2, 0.25) is 10.0 Å². The molecule has 9 nitrogen and oxygen atoms in total. The van der Waals surface area contributed by atoms with Gasteiger partial charge in [-0.05, 0) is 31.5 Å². The number of amides is 2. The van der Waals surface area contributed by atoms with Gasteiger partial charge in [0.15, 0.2) is 16.6 Å². The fourth-order valence-corrected chi connectivity index (χ4v) is 5.41. The van der Waals surface area contributed by atoms with Crippen LogP contribution >= 0.6 is 11.3 Å². The van der Waals surface area contributed by atoms with E-state index in [2.05, 4.69) is 15.6 Å². The van der Waals surface area contributed by atoms with E-state index in [9.17, 15) is 13.2 Å². The summed E-state index contributed by atoms with van der Waals surface area (Å²) in [6.07, 6.45) is 0.534. The summed E-state index contributed by atoms with van der Waals surface area (Å²) in [6.45, 7) is 4.35. The molecular weight excluding hydrogens is 428 g/mol. The zero-order chi connectivity index (χ0) is 21.9. The number of ether oxygens (including phenoxy) is 2. The van der Waals surface area contributed by atoms with Crippen molar-refractivity contribution in [1.29, 1.82) is 0 Å². The molecule has 11 heteroatoms. The lowest BCUT2D eigenvalue weighted by molar-refractivity contribution is 0.251. The van der Waals surface area contributed by atoms with Crippen LogP contribution in [0.2, 0.25) is 0 Å². The Hall–Kier alpha value is -2.37. The molecule has 0 aliphatic carbocycles. The largest absolute Gasteiger partial charge is 0.493 e. The molecule has 0 bridgehead atoms. The van der Waals surface area contributed by atoms with E-state index >= 15 is 0 Å². The van der Waals surface area contributed by atoms with E-state index in [4.69, 9.17) is 9.47 Å². The van der Waals surface area contributed by atoms with Crippen molar-refractivity contribution in [3.8, 4) is 11.5 Å². The summed E-state index contributed by atoms with van der Waals surface area (Å²) < 4.78 is 36.8. The highest BCUT2D eigenvalue weighted by molar-refractivity contribution is 7.89. The van der Waals surface area contributed by atoms with E-state index in [0.717, 1.165) is 16.1 Å². The predicted molar refractivity (Wildman–Crippen MR) is 116 cm³/mol. The maximum Gasteiger partial charge on any atom is 0.321 e. The number of fused-ring (bicyclic) bond motifs is 1. The van der Waals surface area contributed by atoms with Crippen LogP contribution in [0.1, 0.15) is 30.0 Å². The van der Waals surface area contributed by atoms with Gasteiger partial charge in [0.1, 0.15) is 0 Å². The van der Waals surface area contributed by atoms with Gasteiger partial charge in [-0.1, -0.05) is 17.4 Å². The number of hydrogen-bond donors (Lipinski definition) is 2. The molecule has 0 radical (unpaired) electrons. The molecule has 0 spiro atoms. The van der Waals surface area contributed by atoms with Crippen molar-refractivity contribution in [1.82, 2.24) is 14.6 Å². The molecule has 3 rings (SSSR count). The van der Waals surface area contributed by atoms with Gasteiger partial charge in [0.05, 0.1) is 25.2 Å². The first kappa shape index (κ1) is 22.3. The van der Waals surface area contributed by atoms with E-state index in [0.29, 0.717) is 42.7 Å². The van der Waals surface area contributed by atoms with Gasteiger partial charge in [-0.3, -0.25) is 5.32 Å². The van der Waals surface area contributed by atoms with Crippen LogP contribution in [0.4, 0.5) is 9.93 Å². The summed E-state index contributed by atoms with van der Waals surface area (Å²) in [5.74, 6) is 1.21. The maximum absolute atomic E-state index is 12.4. The third kappa shape index (κ3) is 4.85. The van der Waals surface area contributed by atoms with Crippen molar-refractivity contribution < 1.29 is 22.7 Å². The van der Waals surface area contributed by atoms with Crippen molar-refractivity contribution in [2.45, 2.75) is 38.6 Å². The van der Waals surface area contributed by atoms with Crippen LogP contribution in [-0.4, -0.2) is 49.8 Å². The smallest absolute Gasteiger partial charge is 0.321 e. The van der Waals surface area contributed by atoms with Crippen LogP contribution in [-0.2, 0) is 29.5 Å². The Morgan fingerprint density at radius 3 is 2.67 bits per heavy atom. The summed E-state index contributed by atoms with van der Waals surface area (Å²) in [5.41, 5.74) is 1.70. The third-order valence-electron chi connectivity index (χ3n) is 4.77. The summed E-state index contributed by atoms with van der Waals surface area (Å²) in [7, 11) is -0.194. The number of thiazole rings is 1. The summed E-state index contributed by atoms with van der Waals surface area (Å²) in [4.78, 5) is 17.6. The van der Waals surface area contributed by atoms with Gasteiger partial charge >= 0.3 is 6.03 Å². The Bertz CT molecular complexity index is 1020. The SMILES string of the molecule is COc1ccc(CNC(=O)Nc2nc3c(s2)CN(S(=O)(=O)C(C)C)CC3)cc1OC. The number of sulfonamides is 1. The minimum absolute atomic E-state index is 0.294. The first-order valence-electron chi connectivity index (χ1n) is 9.48. The molecule has 1 aliphatic heterocycles. The highest BCUT2D eigenvalue weighted by Crippen LogP contribution is 2.30. The molecule has 0 saturated carbocycles. The number of benzene rings is 1. The van der Waals surface area contributed by atoms with Gasteiger partial charge in [-0.25, -0.2) is 18.2 Å². The number of aromatic nitrogens is 1. The Morgan fingerprint density at radius 1 is 1.27 bits per heavy atom. The monoisotopic (exact) mass is 454 g/mol. The van der Waals surface area contributed by atoms with Crippen LogP contribution in [0.15, 0.2) is 18.2 Å². The Labute approximate surface area is 180 Å². The first-order chi connectivity index (χ1) is 14.2. The second kappa shape index (κ2) is 9.19. The average molecular weight is 455 g/mol. The number of anilines is 1. The number of nitrogens with one attached hydrogen (secondary N) is 2. The summed E-state index contributed by atoms with van der Waals surface area (Å²) >= 11 is 1.30. The highest BCUT2D eigenvalue weighted by atomic mass is 32.2. The molecule has 2 N–H and O–H groups in total. The van der Waals surface area contributed by atoms with E-state index in [1.165, 1.54) is 15.6 Å². The van der Waals surface area contributed by atoms with Crippen molar-refractivity contribution >= 4 is 32.5 Å². The van der Waals surface area contributed by atoms with Crippen LogP contribution < -0.4 is 20.1 Å². The Balaban J connectivity index is 1.59. The highest BCUT2D eigenvalue weighted by Gasteiger charge is 2.31. The molecular formula is C19H26N4O5S2. The minimum atomic E-state index is -3.31. The number of urea groups is 1. The van der Waals surface area contributed by atoms with Crippen LogP contribution in [0.5, 0.6) is 11.5 Å². The van der Waals surface area contributed by atoms with E-state index < -0.39 is 15.3 Å². The quantitative estimate of drug-likeness (QED) is 0.665. The lowest BCUT2D eigenvalue weighted by Crippen LogP contribution is -2.39. The number of rotatable bonds is 7. The van der Waals surface area contributed by atoms with Crippen molar-refractivity contribution in [2.24, 2.45) is 0 Å². The average Bonchev–Trinajstić information content (AvgIpc) is 3.13. The van der Waals surface area contributed by atoms with Crippen molar-refractivity contribution in [3.63, 3.8) is 0 Å². The normalized spacial score (nSPS) is 14.3. The molecule has 2 amide bonds. The second-order valence-electron chi connectivity index (χ2n) is 7.06. The fraction of sp³-hybridized carbons (Fsp3) is 0.474. The molecule has 0 atom stereocenters. The Kier molecular flexibility index (Phi) is 6.84. The van der Waals surface area contributed by atoms with Crippen LogP contribution in [0.25, 0.3) is 0 Å². The lowest BCUT2D eigenvalue weighted by atomic mass is 10.2. The van der Waals surface area contributed by atoms with Crippen molar-refractivity contribution in [2.75, 3.05) is 26.1 Å². The second-order valence-corrected chi connectivity index (χ2v) is 10.6. The first-order valence-corrected chi connectivity index (χ1v) is 11.8. The molecule has 2 aromatic rings. The molecule has 0 fully saturated rings. The zero-order valence-electron chi connectivity index (χ0n) is 17.4. The van der Waals surface area contributed by atoms with Gasteiger partial charge < -0.3 is 14.8 Å². The lowest BCUT2D eigenvalue weighted by Gasteiger charge is -2.26. The third-order valence-corrected chi connectivity index (χ3v) is 7.99. The van der Waals surface area contributed by atoms with Gasteiger partial charge in [-0.2, -0.15) is 4.31 Å². The Morgan fingerprint density at radius 2 is 2.00 bits per heavy atom. The molecule has 164 valence electrons. The van der Waals surface area contributed by atoms with E-state index in [1.54, 1.807) is 40.2 Å². The topological polar surface area (TPSA) is 110 Å². The number of carbonyl (C=O) groups excluding carboxylic acids is 1. The molecule has 2 heterocycles. The maximum atomic E-state index is 12.4. The van der Waals surface area contributed by atoms with Crippen molar-refractivity contribution in [3.05, 3.63) is 34.3 Å². The summed E-state index contributed by atoms with van der Waals surface area (Å²) in [6, 6.07) is 5.03. The fourth-order valence-electron chi connectivity index (χ4n) is 3.06. The van der Waals surface area contributed by atoms with Crippen LogP contribution in [0.3, 0.4) is 0 Å². The molecule has 0 saturated heterocycles. The number of carbonyl (C=O) groups is 1. The predicted octanol–water partition coefficient (Wildman–Crippen LogP) is 2.58. The zero-order valence-corrected chi connectivity index (χ0v) is 19.0. The number of hydrogen-bond acceptors (Lipinski definition) is 7. The summed E-state index contributed by atoms with van der Waals surface area (Å²) in [5, 5.41) is 5.50. The number of nitrogens with zero attached hydrogens (tertiary/aromatic N) is 2. The molecule has 0 unspecified atom stereocenters. The van der Waals surface area contributed by atoms with E-state index in [-0.39, 0.29) is 6.03 Å². The minimum Gasteiger partial charge on any atom is -0.493 e. The molecule has 1 aromatic carbocycles.